The fourth-order valence-corrected chi connectivity index (χ4v) is 3.47. The van der Waals surface area contributed by atoms with Gasteiger partial charge >= 0.3 is 0 Å². The second-order valence-corrected chi connectivity index (χ2v) is 6.79. The first-order valence-electron chi connectivity index (χ1n) is 8.89. The molecule has 5 nitrogen and oxygen atoms in total. The Morgan fingerprint density at radius 3 is 2.79 bits per heavy atom. The summed E-state index contributed by atoms with van der Waals surface area (Å²) in [5.41, 5.74) is 2.30. The minimum Gasteiger partial charge on any atom is -0.371 e. The standard InChI is InChI=1S/C19H26N2O3/c1-14-7-9-15(10-8-14)19-16(5-4-12-24-19)20-17(22)13-21-11-3-2-6-18(21)23/h7-10,16,19H,2-6,11-13H2,1H3,(H,20,22)/t16-,19-/m0/s1. The van der Waals surface area contributed by atoms with Crippen LogP contribution in [-0.2, 0) is 14.3 Å². The van der Waals surface area contributed by atoms with E-state index in [1.165, 1.54) is 5.56 Å². The molecule has 0 spiro atoms. The largest absolute Gasteiger partial charge is 0.371 e. The third-order valence-electron chi connectivity index (χ3n) is 4.83. The molecular weight excluding hydrogens is 304 g/mol. The van der Waals surface area contributed by atoms with Crippen LogP contribution < -0.4 is 5.32 Å². The topological polar surface area (TPSA) is 58.6 Å². The van der Waals surface area contributed by atoms with Crippen LogP contribution in [0.25, 0.3) is 0 Å². The Labute approximate surface area is 143 Å². The van der Waals surface area contributed by atoms with E-state index in [1.807, 2.05) is 0 Å². The molecular formula is C19H26N2O3. The van der Waals surface area contributed by atoms with Crippen LogP contribution in [0.1, 0.15) is 49.3 Å². The van der Waals surface area contributed by atoms with Crippen LogP contribution in [0.15, 0.2) is 24.3 Å². The lowest BCUT2D eigenvalue weighted by atomic mass is 9.95. The molecule has 2 amide bonds. The van der Waals surface area contributed by atoms with E-state index in [4.69, 9.17) is 4.74 Å². The second kappa shape index (κ2) is 7.79. The Hall–Kier alpha value is -1.88. The van der Waals surface area contributed by atoms with E-state index in [2.05, 4.69) is 36.5 Å². The van der Waals surface area contributed by atoms with Gasteiger partial charge in [0.1, 0.15) is 6.10 Å². The molecule has 2 aliphatic heterocycles. The Kier molecular flexibility index (Phi) is 5.51. The summed E-state index contributed by atoms with van der Waals surface area (Å²) in [5, 5.41) is 3.09. The van der Waals surface area contributed by atoms with Crippen molar-refractivity contribution in [3.63, 3.8) is 0 Å². The number of nitrogens with one attached hydrogen (secondary N) is 1. The third kappa shape index (κ3) is 4.15. The average Bonchev–Trinajstić information content (AvgIpc) is 2.58. The molecule has 2 aliphatic rings. The van der Waals surface area contributed by atoms with Crippen LogP contribution in [-0.4, -0.2) is 42.5 Å². The lowest BCUT2D eigenvalue weighted by Crippen LogP contribution is -2.48. The Bertz CT molecular complexity index is 585. The molecule has 0 bridgehead atoms. The number of amides is 2. The highest BCUT2D eigenvalue weighted by atomic mass is 16.5. The zero-order valence-electron chi connectivity index (χ0n) is 14.3. The van der Waals surface area contributed by atoms with Crippen LogP contribution in [0, 0.1) is 6.92 Å². The molecule has 0 aliphatic carbocycles. The monoisotopic (exact) mass is 330 g/mol. The van der Waals surface area contributed by atoms with Gasteiger partial charge in [0.15, 0.2) is 0 Å². The van der Waals surface area contributed by atoms with Crippen molar-refractivity contribution in [3.05, 3.63) is 35.4 Å². The molecule has 24 heavy (non-hydrogen) atoms. The number of carbonyl (C=O) groups excluding carboxylic acids is 2. The molecule has 2 saturated heterocycles. The number of benzene rings is 1. The van der Waals surface area contributed by atoms with Crippen molar-refractivity contribution in [2.75, 3.05) is 19.7 Å². The number of hydrogen-bond donors (Lipinski definition) is 1. The summed E-state index contributed by atoms with van der Waals surface area (Å²) in [5.74, 6) is 0.00393. The van der Waals surface area contributed by atoms with Crippen LogP contribution in [0.4, 0.5) is 0 Å². The zero-order valence-corrected chi connectivity index (χ0v) is 14.3. The number of rotatable bonds is 4. The minimum absolute atomic E-state index is 0.0335. The highest BCUT2D eigenvalue weighted by molar-refractivity contribution is 5.85. The van der Waals surface area contributed by atoms with Crippen LogP contribution >= 0.6 is 0 Å². The molecule has 0 saturated carbocycles. The van der Waals surface area contributed by atoms with Crippen molar-refractivity contribution in [1.29, 1.82) is 0 Å². The Morgan fingerprint density at radius 1 is 1.25 bits per heavy atom. The highest BCUT2D eigenvalue weighted by Crippen LogP contribution is 2.28. The summed E-state index contributed by atoms with van der Waals surface area (Å²) in [6.45, 7) is 3.63. The molecule has 0 radical (unpaired) electrons. The molecule has 2 heterocycles. The number of hydrogen-bond acceptors (Lipinski definition) is 3. The van der Waals surface area contributed by atoms with Gasteiger partial charge in [-0.1, -0.05) is 29.8 Å². The Morgan fingerprint density at radius 2 is 2.04 bits per heavy atom. The van der Waals surface area contributed by atoms with Crippen LogP contribution in [0.2, 0.25) is 0 Å². The van der Waals surface area contributed by atoms with Crippen molar-refractivity contribution in [2.24, 2.45) is 0 Å². The van der Waals surface area contributed by atoms with E-state index in [0.29, 0.717) is 13.0 Å². The summed E-state index contributed by atoms with van der Waals surface area (Å²) in [7, 11) is 0. The Balaban J connectivity index is 1.61. The van der Waals surface area contributed by atoms with Gasteiger partial charge in [-0.2, -0.15) is 0 Å². The lowest BCUT2D eigenvalue weighted by Gasteiger charge is -2.34. The molecule has 1 aromatic rings. The quantitative estimate of drug-likeness (QED) is 0.922. The molecule has 1 N–H and O–H groups in total. The molecule has 3 rings (SSSR count). The molecule has 0 unspecified atom stereocenters. The molecule has 1 aromatic carbocycles. The van der Waals surface area contributed by atoms with Crippen molar-refractivity contribution < 1.29 is 14.3 Å². The predicted molar refractivity (Wildman–Crippen MR) is 91.5 cm³/mol. The van der Waals surface area contributed by atoms with Crippen molar-refractivity contribution in [1.82, 2.24) is 10.2 Å². The van der Waals surface area contributed by atoms with Gasteiger partial charge in [0.2, 0.25) is 11.8 Å². The van der Waals surface area contributed by atoms with Crippen LogP contribution in [0.5, 0.6) is 0 Å². The smallest absolute Gasteiger partial charge is 0.239 e. The molecule has 2 atom stereocenters. The van der Waals surface area contributed by atoms with Gasteiger partial charge in [0.25, 0.3) is 0 Å². The number of ether oxygens (including phenoxy) is 1. The van der Waals surface area contributed by atoms with E-state index in [0.717, 1.165) is 37.9 Å². The van der Waals surface area contributed by atoms with Gasteiger partial charge in [0, 0.05) is 19.6 Å². The van der Waals surface area contributed by atoms with Gasteiger partial charge in [-0.05, 0) is 38.2 Å². The first-order valence-corrected chi connectivity index (χ1v) is 8.89. The maximum atomic E-state index is 12.4. The van der Waals surface area contributed by atoms with E-state index >= 15 is 0 Å². The van der Waals surface area contributed by atoms with Crippen molar-refractivity contribution >= 4 is 11.8 Å². The predicted octanol–water partition coefficient (Wildman–Crippen LogP) is 2.34. The lowest BCUT2D eigenvalue weighted by molar-refractivity contribution is -0.138. The summed E-state index contributed by atoms with van der Waals surface area (Å²) < 4.78 is 5.93. The zero-order chi connectivity index (χ0) is 16.9. The number of aryl methyl sites for hydroxylation is 1. The second-order valence-electron chi connectivity index (χ2n) is 6.79. The van der Waals surface area contributed by atoms with E-state index in [-0.39, 0.29) is 30.5 Å². The first-order chi connectivity index (χ1) is 11.6. The maximum absolute atomic E-state index is 12.4. The van der Waals surface area contributed by atoms with Gasteiger partial charge in [0.05, 0.1) is 12.6 Å². The van der Waals surface area contributed by atoms with Gasteiger partial charge in [-0.3, -0.25) is 9.59 Å². The van der Waals surface area contributed by atoms with Gasteiger partial charge in [-0.15, -0.1) is 0 Å². The summed E-state index contributed by atoms with van der Waals surface area (Å²) in [6, 6.07) is 8.24. The summed E-state index contributed by atoms with van der Waals surface area (Å²) >= 11 is 0. The molecule has 0 aromatic heterocycles. The first kappa shape index (κ1) is 17.0. The van der Waals surface area contributed by atoms with Gasteiger partial charge < -0.3 is 15.0 Å². The number of carbonyl (C=O) groups is 2. The fourth-order valence-electron chi connectivity index (χ4n) is 3.47. The fraction of sp³-hybridized carbons (Fsp3) is 0.579. The van der Waals surface area contributed by atoms with E-state index in [9.17, 15) is 9.59 Å². The number of piperidine rings is 1. The number of likely N-dealkylation sites (tertiary alicyclic amines) is 1. The summed E-state index contributed by atoms with van der Waals surface area (Å²) in [6.07, 6.45) is 4.21. The molecule has 5 heteroatoms. The van der Waals surface area contributed by atoms with E-state index in [1.54, 1.807) is 4.90 Å². The van der Waals surface area contributed by atoms with Crippen LogP contribution in [0.3, 0.4) is 0 Å². The SMILES string of the molecule is Cc1ccc([C@@H]2OCCC[C@@H]2NC(=O)CN2CCCCC2=O)cc1. The average molecular weight is 330 g/mol. The van der Waals surface area contributed by atoms with Crippen molar-refractivity contribution in [3.8, 4) is 0 Å². The van der Waals surface area contributed by atoms with Gasteiger partial charge in [-0.25, -0.2) is 0 Å². The molecule has 2 fully saturated rings. The number of nitrogens with zero attached hydrogens (tertiary/aromatic N) is 1. The van der Waals surface area contributed by atoms with E-state index < -0.39 is 0 Å². The third-order valence-corrected chi connectivity index (χ3v) is 4.83. The highest BCUT2D eigenvalue weighted by Gasteiger charge is 2.29. The molecule has 130 valence electrons. The van der Waals surface area contributed by atoms with Crippen molar-refractivity contribution in [2.45, 2.75) is 51.2 Å². The summed E-state index contributed by atoms with van der Waals surface area (Å²) in [4.78, 5) is 25.9. The minimum atomic E-state index is -0.111. The normalized spacial score (nSPS) is 24.7. The maximum Gasteiger partial charge on any atom is 0.239 e.